The number of rotatable bonds is 5. The summed E-state index contributed by atoms with van der Waals surface area (Å²) in [6.45, 7) is 4.92. The third-order valence-corrected chi connectivity index (χ3v) is 2.98. The van der Waals surface area contributed by atoms with E-state index in [9.17, 15) is 0 Å². The molecule has 0 aromatic carbocycles. The Balaban J connectivity index is 2.42. The van der Waals surface area contributed by atoms with E-state index in [1.165, 1.54) is 0 Å². The Morgan fingerprint density at radius 2 is 2.11 bits per heavy atom. The molecule has 4 nitrogen and oxygen atoms in total. The van der Waals surface area contributed by atoms with Gasteiger partial charge < -0.3 is 10.1 Å². The summed E-state index contributed by atoms with van der Waals surface area (Å²) in [5.74, 6) is 0.647. The van der Waals surface area contributed by atoms with Gasteiger partial charge in [-0.1, -0.05) is 19.1 Å². The van der Waals surface area contributed by atoms with Crippen molar-refractivity contribution in [3.8, 4) is 5.88 Å². The number of aryl methyl sites for hydroxylation is 1. The average Bonchev–Trinajstić information content (AvgIpc) is 2.46. The molecule has 0 saturated carbocycles. The van der Waals surface area contributed by atoms with Gasteiger partial charge in [0.05, 0.1) is 13.2 Å². The molecule has 0 bridgehead atoms. The van der Waals surface area contributed by atoms with Crippen LogP contribution in [0.15, 0.2) is 36.7 Å². The Kier molecular flexibility index (Phi) is 4.47. The maximum atomic E-state index is 5.35. The second kappa shape index (κ2) is 6.29. The molecular formula is C15H19N3O. The van der Waals surface area contributed by atoms with Crippen molar-refractivity contribution < 1.29 is 4.74 Å². The maximum Gasteiger partial charge on any atom is 0.218 e. The molecular weight excluding hydrogens is 238 g/mol. The van der Waals surface area contributed by atoms with Gasteiger partial charge in [-0.3, -0.25) is 4.98 Å². The van der Waals surface area contributed by atoms with Gasteiger partial charge in [0.1, 0.15) is 0 Å². The zero-order valence-corrected chi connectivity index (χ0v) is 11.6. The van der Waals surface area contributed by atoms with Crippen LogP contribution in [0, 0.1) is 6.92 Å². The van der Waals surface area contributed by atoms with Gasteiger partial charge in [0, 0.05) is 23.7 Å². The van der Waals surface area contributed by atoms with Crippen molar-refractivity contribution in [3.63, 3.8) is 0 Å². The van der Waals surface area contributed by atoms with Gasteiger partial charge in [-0.2, -0.15) is 0 Å². The summed E-state index contributed by atoms with van der Waals surface area (Å²) in [5.41, 5.74) is 3.15. The lowest BCUT2D eigenvalue weighted by Gasteiger charge is -2.20. The molecule has 2 aromatic rings. The van der Waals surface area contributed by atoms with E-state index >= 15 is 0 Å². The normalized spacial score (nSPS) is 12.2. The van der Waals surface area contributed by atoms with E-state index < -0.39 is 0 Å². The van der Waals surface area contributed by atoms with Crippen molar-refractivity contribution in [1.29, 1.82) is 0 Å². The van der Waals surface area contributed by atoms with E-state index in [2.05, 4.69) is 28.3 Å². The molecule has 100 valence electrons. The van der Waals surface area contributed by atoms with E-state index in [0.29, 0.717) is 5.88 Å². The Hall–Kier alpha value is -1.94. The van der Waals surface area contributed by atoms with E-state index in [-0.39, 0.29) is 6.04 Å². The van der Waals surface area contributed by atoms with Crippen LogP contribution >= 0.6 is 0 Å². The summed E-state index contributed by atoms with van der Waals surface area (Å²) in [4.78, 5) is 8.62. The molecule has 2 aromatic heterocycles. The van der Waals surface area contributed by atoms with Gasteiger partial charge in [0.15, 0.2) is 0 Å². The van der Waals surface area contributed by atoms with E-state index in [1.54, 1.807) is 13.3 Å². The molecule has 0 fully saturated rings. The molecule has 1 N–H and O–H groups in total. The Labute approximate surface area is 113 Å². The lowest BCUT2D eigenvalue weighted by atomic mass is 10.0. The minimum Gasteiger partial charge on any atom is -0.481 e. The Bertz CT molecular complexity index is 525. The standard InChI is InChI=1S/C15H19N3O/c1-4-16-14(12-8-7-11(2)18-10-12)13-6-5-9-17-15(13)19-3/h5-10,14,16H,4H2,1-3H3. The lowest BCUT2D eigenvalue weighted by molar-refractivity contribution is 0.387. The van der Waals surface area contributed by atoms with Crippen molar-refractivity contribution in [1.82, 2.24) is 15.3 Å². The number of pyridine rings is 2. The van der Waals surface area contributed by atoms with Gasteiger partial charge in [0.2, 0.25) is 5.88 Å². The van der Waals surface area contributed by atoms with Crippen LogP contribution in [0.4, 0.5) is 0 Å². The third kappa shape index (κ3) is 3.09. The minimum atomic E-state index is 0.0433. The first-order valence-electron chi connectivity index (χ1n) is 6.41. The second-order valence-corrected chi connectivity index (χ2v) is 4.33. The van der Waals surface area contributed by atoms with Crippen LogP contribution in [0.3, 0.4) is 0 Å². The fourth-order valence-electron chi connectivity index (χ4n) is 2.06. The summed E-state index contributed by atoms with van der Waals surface area (Å²) in [6, 6.07) is 8.09. The van der Waals surface area contributed by atoms with Crippen molar-refractivity contribution in [3.05, 3.63) is 53.5 Å². The highest BCUT2D eigenvalue weighted by atomic mass is 16.5. The van der Waals surface area contributed by atoms with Gasteiger partial charge in [-0.15, -0.1) is 0 Å². The number of methoxy groups -OCH3 is 1. The van der Waals surface area contributed by atoms with E-state index in [0.717, 1.165) is 23.4 Å². The zero-order chi connectivity index (χ0) is 13.7. The molecule has 0 saturated heterocycles. The topological polar surface area (TPSA) is 47.0 Å². The summed E-state index contributed by atoms with van der Waals surface area (Å²) >= 11 is 0. The number of hydrogen-bond acceptors (Lipinski definition) is 4. The third-order valence-electron chi connectivity index (χ3n) is 2.98. The maximum absolute atomic E-state index is 5.35. The largest absolute Gasteiger partial charge is 0.481 e. The van der Waals surface area contributed by atoms with Crippen LogP contribution in [0.1, 0.15) is 29.8 Å². The molecule has 0 aliphatic carbocycles. The van der Waals surface area contributed by atoms with Gasteiger partial charge in [-0.25, -0.2) is 4.98 Å². The predicted molar refractivity (Wildman–Crippen MR) is 75.3 cm³/mol. The van der Waals surface area contributed by atoms with Crippen LogP contribution in [-0.2, 0) is 0 Å². The van der Waals surface area contributed by atoms with Crippen LogP contribution in [-0.4, -0.2) is 23.6 Å². The van der Waals surface area contributed by atoms with Crippen LogP contribution in [0.2, 0.25) is 0 Å². The first-order valence-corrected chi connectivity index (χ1v) is 6.41. The van der Waals surface area contributed by atoms with Gasteiger partial charge in [0.25, 0.3) is 0 Å². The highest BCUT2D eigenvalue weighted by molar-refractivity contribution is 5.36. The molecule has 0 radical (unpaired) electrons. The minimum absolute atomic E-state index is 0.0433. The molecule has 0 aliphatic heterocycles. The van der Waals surface area contributed by atoms with Gasteiger partial charge in [-0.05, 0) is 31.2 Å². The Morgan fingerprint density at radius 1 is 1.26 bits per heavy atom. The summed E-state index contributed by atoms with van der Waals surface area (Å²) in [6.07, 6.45) is 3.63. The summed E-state index contributed by atoms with van der Waals surface area (Å²) in [5, 5.41) is 3.45. The summed E-state index contributed by atoms with van der Waals surface area (Å²) in [7, 11) is 1.64. The quantitative estimate of drug-likeness (QED) is 0.894. The van der Waals surface area contributed by atoms with Gasteiger partial charge >= 0.3 is 0 Å². The molecule has 1 atom stereocenters. The molecule has 2 rings (SSSR count). The average molecular weight is 257 g/mol. The SMILES string of the molecule is CCNC(c1ccc(C)nc1)c1cccnc1OC. The molecule has 0 amide bonds. The second-order valence-electron chi connectivity index (χ2n) is 4.33. The molecule has 4 heteroatoms. The van der Waals surface area contributed by atoms with E-state index in [4.69, 9.17) is 4.74 Å². The molecule has 2 heterocycles. The van der Waals surface area contributed by atoms with Crippen molar-refractivity contribution >= 4 is 0 Å². The highest BCUT2D eigenvalue weighted by Crippen LogP contribution is 2.27. The van der Waals surface area contributed by atoms with Crippen LogP contribution in [0.5, 0.6) is 5.88 Å². The number of aromatic nitrogens is 2. The van der Waals surface area contributed by atoms with E-state index in [1.807, 2.05) is 31.3 Å². The number of ether oxygens (including phenoxy) is 1. The van der Waals surface area contributed by atoms with Crippen molar-refractivity contribution in [2.75, 3.05) is 13.7 Å². The first-order chi connectivity index (χ1) is 9.26. The van der Waals surface area contributed by atoms with Crippen LogP contribution in [0.25, 0.3) is 0 Å². The fraction of sp³-hybridized carbons (Fsp3) is 0.333. The fourth-order valence-corrected chi connectivity index (χ4v) is 2.06. The highest BCUT2D eigenvalue weighted by Gasteiger charge is 2.18. The smallest absolute Gasteiger partial charge is 0.218 e. The number of nitrogens with one attached hydrogen (secondary N) is 1. The summed E-state index contributed by atoms with van der Waals surface area (Å²) < 4.78 is 5.35. The number of nitrogens with zero attached hydrogens (tertiary/aromatic N) is 2. The monoisotopic (exact) mass is 257 g/mol. The molecule has 0 aliphatic rings. The molecule has 0 spiro atoms. The molecule has 1 unspecified atom stereocenters. The van der Waals surface area contributed by atoms with Crippen LogP contribution < -0.4 is 10.1 Å². The zero-order valence-electron chi connectivity index (χ0n) is 11.6. The van der Waals surface area contributed by atoms with Crippen molar-refractivity contribution in [2.45, 2.75) is 19.9 Å². The predicted octanol–water partition coefficient (Wildman–Crippen LogP) is 2.49. The Morgan fingerprint density at radius 3 is 2.74 bits per heavy atom. The lowest BCUT2D eigenvalue weighted by Crippen LogP contribution is -2.23. The first kappa shape index (κ1) is 13.5. The number of hydrogen-bond donors (Lipinski definition) is 1. The van der Waals surface area contributed by atoms with Crippen molar-refractivity contribution in [2.24, 2.45) is 0 Å². The molecule has 19 heavy (non-hydrogen) atoms.